The second-order valence-corrected chi connectivity index (χ2v) is 21.5. The standard InChI is InChI=1S/C53H36OSi/c1-55(2,3)45-29-43-42(28-44(45)54)50-38-24-20-30-12-4-8-16-34(30)46(38)48-36-18-10-6-14-32(36)22-26-40(48)52(50)53-41-27-23-33-15-7-11-19-37(33)49(41)47-35-17-9-5-13-31(35)21-25-39(47)51(43)53/h4-29,54H,1-3H3. The number of aromatic hydroxyl groups is 1. The van der Waals surface area contributed by atoms with Crippen molar-refractivity contribution in [2.75, 3.05) is 0 Å². The Kier molecular flexibility index (Phi) is 6.08. The third-order valence-corrected chi connectivity index (χ3v) is 14.5. The van der Waals surface area contributed by atoms with Crippen LogP contribution >= 0.6 is 0 Å². The SMILES string of the molecule is C[Si](C)(C)c1cc2c(cc1O)c1c3ccc4ccccc4c3c3c4ccccc4ccc3c1c1c3ccc4ccccc4c3c3c4ccccc4ccc3c21. The van der Waals surface area contributed by atoms with Crippen LogP contribution in [-0.4, -0.2) is 13.2 Å². The second kappa shape index (κ2) is 10.8. The van der Waals surface area contributed by atoms with Crippen LogP contribution in [0.25, 0.3) is 118 Å². The van der Waals surface area contributed by atoms with Gasteiger partial charge in [-0.05, 0) is 130 Å². The molecule has 258 valence electrons. The minimum Gasteiger partial charge on any atom is -0.508 e. The minimum absolute atomic E-state index is 0.404. The Morgan fingerprint density at radius 2 is 0.582 bits per heavy atom. The first-order valence-electron chi connectivity index (χ1n) is 19.3. The highest BCUT2D eigenvalue weighted by Gasteiger charge is 2.27. The van der Waals surface area contributed by atoms with E-state index in [-0.39, 0.29) is 0 Å². The maximum atomic E-state index is 12.1. The van der Waals surface area contributed by atoms with E-state index >= 15 is 0 Å². The molecule has 0 amide bonds. The summed E-state index contributed by atoms with van der Waals surface area (Å²) in [6.45, 7) is 7.01. The monoisotopic (exact) mass is 716 g/mol. The molecule has 2 heteroatoms. The predicted octanol–water partition coefficient (Wildman–Crippen LogP) is 14.6. The summed E-state index contributed by atoms with van der Waals surface area (Å²) in [6.07, 6.45) is 0. The number of hydrogen-bond donors (Lipinski definition) is 1. The lowest BCUT2D eigenvalue weighted by atomic mass is 9.80. The first-order valence-corrected chi connectivity index (χ1v) is 22.8. The molecule has 1 N–H and O–H groups in total. The van der Waals surface area contributed by atoms with Crippen molar-refractivity contribution in [1.82, 2.24) is 0 Å². The Bertz CT molecular complexity index is 3700. The lowest BCUT2D eigenvalue weighted by Gasteiger charge is -2.24. The maximum Gasteiger partial charge on any atom is 0.115 e. The van der Waals surface area contributed by atoms with Crippen LogP contribution in [0.3, 0.4) is 0 Å². The van der Waals surface area contributed by atoms with Crippen molar-refractivity contribution in [3.8, 4) is 5.75 Å². The Morgan fingerprint density at radius 3 is 0.927 bits per heavy atom. The van der Waals surface area contributed by atoms with Crippen LogP contribution in [0.1, 0.15) is 0 Å². The van der Waals surface area contributed by atoms with Crippen molar-refractivity contribution in [2.45, 2.75) is 19.6 Å². The minimum atomic E-state index is -1.97. The maximum absolute atomic E-state index is 12.1. The first kappa shape index (κ1) is 30.9. The van der Waals surface area contributed by atoms with Crippen molar-refractivity contribution >= 4 is 132 Å². The van der Waals surface area contributed by atoms with Gasteiger partial charge in [0.05, 0.1) is 8.07 Å². The zero-order chi connectivity index (χ0) is 36.7. The molecule has 0 bridgehead atoms. The Hall–Kier alpha value is -6.48. The molecular weight excluding hydrogens is 681 g/mol. The highest BCUT2D eigenvalue weighted by atomic mass is 28.3. The fourth-order valence-electron chi connectivity index (χ4n) is 10.2. The van der Waals surface area contributed by atoms with E-state index in [0.29, 0.717) is 5.75 Å². The van der Waals surface area contributed by atoms with Crippen molar-refractivity contribution in [1.29, 1.82) is 0 Å². The van der Waals surface area contributed by atoms with Crippen LogP contribution < -0.4 is 5.19 Å². The molecule has 1 nitrogen and oxygen atoms in total. The van der Waals surface area contributed by atoms with Crippen LogP contribution in [0, 0.1) is 0 Å². The fraction of sp³-hybridized carbons (Fsp3) is 0.0566. The number of phenolic OH excluding ortho intramolecular Hbond substituents is 1. The van der Waals surface area contributed by atoms with Crippen LogP contribution in [0.2, 0.25) is 19.6 Å². The summed E-state index contributed by atoms with van der Waals surface area (Å²) >= 11 is 0. The van der Waals surface area contributed by atoms with E-state index in [4.69, 9.17) is 0 Å². The van der Waals surface area contributed by atoms with E-state index in [1.165, 1.54) is 113 Å². The molecule has 0 aliphatic rings. The van der Waals surface area contributed by atoms with Crippen LogP contribution in [0.4, 0.5) is 0 Å². The molecule has 0 unspecified atom stereocenters. The highest BCUT2D eigenvalue weighted by molar-refractivity contribution is 6.89. The zero-order valence-electron chi connectivity index (χ0n) is 31.0. The molecule has 0 atom stereocenters. The van der Waals surface area contributed by atoms with Crippen molar-refractivity contribution in [3.63, 3.8) is 0 Å². The van der Waals surface area contributed by atoms with E-state index in [1.807, 2.05) is 0 Å². The molecular formula is C53H36OSi. The molecule has 0 spiro atoms. The quantitative estimate of drug-likeness (QED) is 0.132. The summed E-state index contributed by atoms with van der Waals surface area (Å²) in [4.78, 5) is 0. The van der Waals surface area contributed by atoms with Gasteiger partial charge in [-0.2, -0.15) is 0 Å². The van der Waals surface area contributed by atoms with Gasteiger partial charge in [0.1, 0.15) is 5.75 Å². The van der Waals surface area contributed by atoms with Gasteiger partial charge in [-0.1, -0.05) is 171 Å². The Morgan fingerprint density at radius 1 is 0.291 bits per heavy atom. The van der Waals surface area contributed by atoms with Crippen LogP contribution in [0.15, 0.2) is 158 Å². The van der Waals surface area contributed by atoms with Gasteiger partial charge in [-0.15, -0.1) is 0 Å². The summed E-state index contributed by atoms with van der Waals surface area (Å²) in [6, 6.07) is 58.6. The summed E-state index contributed by atoms with van der Waals surface area (Å²) in [5.41, 5.74) is 0. The second-order valence-electron chi connectivity index (χ2n) is 16.5. The third kappa shape index (κ3) is 4.07. The summed E-state index contributed by atoms with van der Waals surface area (Å²) in [5.74, 6) is 0.404. The van der Waals surface area contributed by atoms with E-state index in [0.717, 1.165) is 10.6 Å². The van der Waals surface area contributed by atoms with Gasteiger partial charge < -0.3 is 5.11 Å². The molecule has 12 rings (SSSR count). The summed E-state index contributed by atoms with van der Waals surface area (Å²) in [7, 11) is -1.97. The van der Waals surface area contributed by atoms with Gasteiger partial charge in [0.25, 0.3) is 0 Å². The molecule has 0 aliphatic heterocycles. The lowest BCUT2D eigenvalue weighted by molar-refractivity contribution is 0.480. The van der Waals surface area contributed by atoms with E-state index < -0.39 is 8.07 Å². The van der Waals surface area contributed by atoms with E-state index in [1.54, 1.807) is 0 Å². The molecule has 0 saturated heterocycles. The molecule has 0 aliphatic carbocycles. The van der Waals surface area contributed by atoms with Gasteiger partial charge in [-0.25, -0.2) is 0 Å². The van der Waals surface area contributed by atoms with Gasteiger partial charge in [-0.3, -0.25) is 0 Å². The van der Waals surface area contributed by atoms with Gasteiger partial charge >= 0.3 is 0 Å². The molecule has 0 aromatic heterocycles. The first-order chi connectivity index (χ1) is 26.9. The smallest absolute Gasteiger partial charge is 0.115 e. The average molecular weight is 717 g/mol. The van der Waals surface area contributed by atoms with Crippen molar-refractivity contribution in [3.05, 3.63) is 158 Å². The molecule has 0 heterocycles. The molecule has 55 heavy (non-hydrogen) atoms. The third-order valence-electron chi connectivity index (χ3n) is 12.5. The number of hydrogen-bond acceptors (Lipinski definition) is 1. The normalized spacial score (nSPS) is 12.7. The molecule has 12 aromatic carbocycles. The van der Waals surface area contributed by atoms with Gasteiger partial charge in [0.15, 0.2) is 0 Å². The lowest BCUT2D eigenvalue weighted by Crippen LogP contribution is -2.37. The van der Waals surface area contributed by atoms with Crippen LogP contribution in [0.5, 0.6) is 5.75 Å². The largest absolute Gasteiger partial charge is 0.508 e. The predicted molar refractivity (Wildman–Crippen MR) is 244 cm³/mol. The number of fused-ring (bicyclic) bond motifs is 24. The molecule has 0 saturated carbocycles. The number of phenols is 1. The molecule has 12 aromatic rings. The Labute approximate surface area is 318 Å². The van der Waals surface area contributed by atoms with E-state index in [2.05, 4.69) is 177 Å². The molecule has 0 fully saturated rings. The summed E-state index contributed by atoms with van der Waals surface area (Å²) < 4.78 is 0. The summed E-state index contributed by atoms with van der Waals surface area (Å²) in [5, 5.41) is 40.6. The van der Waals surface area contributed by atoms with Gasteiger partial charge in [0.2, 0.25) is 0 Å². The highest BCUT2D eigenvalue weighted by Crippen LogP contribution is 2.52. The average Bonchev–Trinajstić information content (AvgIpc) is 3.21. The van der Waals surface area contributed by atoms with Gasteiger partial charge in [0, 0.05) is 0 Å². The number of benzene rings is 12. The zero-order valence-corrected chi connectivity index (χ0v) is 32.0. The van der Waals surface area contributed by atoms with Crippen LogP contribution in [-0.2, 0) is 0 Å². The Balaban J connectivity index is 1.53. The van der Waals surface area contributed by atoms with Crippen molar-refractivity contribution in [2.24, 2.45) is 0 Å². The fourth-order valence-corrected chi connectivity index (χ4v) is 11.6. The van der Waals surface area contributed by atoms with Crippen molar-refractivity contribution < 1.29 is 5.11 Å². The molecule has 0 radical (unpaired) electrons. The number of rotatable bonds is 1. The topological polar surface area (TPSA) is 20.2 Å². The van der Waals surface area contributed by atoms with E-state index in [9.17, 15) is 5.11 Å².